The molecule has 1 N–H and O–H groups in total. The molecule has 0 spiro atoms. The maximum atomic E-state index is 12.4. The molecule has 6 heteroatoms. The highest BCUT2D eigenvalue weighted by molar-refractivity contribution is 7.80. The standard InChI is InChI=1S/C14H11F3N2S/c15-14(16,17)11-6-4-10(5-7-11)13(20)19-9-12-3-1-2-8-18-12/h1-8H,9H2,(H,19,20). The van der Waals surface area contributed by atoms with Crippen molar-refractivity contribution in [1.82, 2.24) is 10.3 Å². The monoisotopic (exact) mass is 296 g/mol. The summed E-state index contributed by atoms with van der Waals surface area (Å²) < 4.78 is 37.3. The highest BCUT2D eigenvalue weighted by atomic mass is 32.1. The zero-order chi connectivity index (χ0) is 14.6. The molecule has 0 aliphatic carbocycles. The van der Waals surface area contributed by atoms with Crippen molar-refractivity contribution in [3.63, 3.8) is 0 Å². The minimum atomic E-state index is -4.33. The summed E-state index contributed by atoms with van der Waals surface area (Å²) in [6.07, 6.45) is -2.67. The molecule has 2 aromatic rings. The van der Waals surface area contributed by atoms with Gasteiger partial charge in [0.05, 0.1) is 17.8 Å². The molecule has 0 aliphatic rings. The van der Waals surface area contributed by atoms with Gasteiger partial charge < -0.3 is 5.32 Å². The van der Waals surface area contributed by atoms with Crippen LogP contribution in [0.15, 0.2) is 48.7 Å². The van der Waals surface area contributed by atoms with Crippen molar-refractivity contribution in [3.8, 4) is 0 Å². The average molecular weight is 296 g/mol. The number of halogens is 3. The maximum Gasteiger partial charge on any atom is 0.416 e. The lowest BCUT2D eigenvalue weighted by Crippen LogP contribution is -2.22. The van der Waals surface area contributed by atoms with E-state index < -0.39 is 11.7 Å². The van der Waals surface area contributed by atoms with Crippen LogP contribution in [0.5, 0.6) is 0 Å². The van der Waals surface area contributed by atoms with E-state index in [1.54, 1.807) is 12.3 Å². The zero-order valence-corrected chi connectivity index (χ0v) is 11.1. The van der Waals surface area contributed by atoms with Gasteiger partial charge in [-0.05, 0) is 24.3 Å². The van der Waals surface area contributed by atoms with Gasteiger partial charge in [0, 0.05) is 11.8 Å². The van der Waals surface area contributed by atoms with E-state index in [1.807, 2.05) is 12.1 Å². The molecule has 0 bridgehead atoms. The first-order valence-electron chi connectivity index (χ1n) is 5.82. The Kier molecular flexibility index (Phi) is 4.34. The largest absolute Gasteiger partial charge is 0.416 e. The average Bonchev–Trinajstić information content (AvgIpc) is 2.45. The van der Waals surface area contributed by atoms with Gasteiger partial charge in [0.2, 0.25) is 0 Å². The summed E-state index contributed by atoms with van der Waals surface area (Å²) in [6.45, 7) is 0.431. The van der Waals surface area contributed by atoms with Crippen LogP contribution in [-0.4, -0.2) is 9.97 Å². The van der Waals surface area contributed by atoms with Crippen LogP contribution in [0.1, 0.15) is 16.8 Å². The molecule has 2 nitrogen and oxygen atoms in total. The van der Waals surface area contributed by atoms with E-state index >= 15 is 0 Å². The molecular formula is C14H11F3N2S. The molecule has 0 atom stereocenters. The van der Waals surface area contributed by atoms with Crippen LogP contribution in [-0.2, 0) is 12.7 Å². The van der Waals surface area contributed by atoms with Gasteiger partial charge >= 0.3 is 6.18 Å². The number of rotatable bonds is 3. The number of hydrogen-bond acceptors (Lipinski definition) is 2. The van der Waals surface area contributed by atoms with Gasteiger partial charge in [0.25, 0.3) is 0 Å². The van der Waals surface area contributed by atoms with Crippen molar-refractivity contribution in [2.75, 3.05) is 0 Å². The van der Waals surface area contributed by atoms with Gasteiger partial charge in [-0.1, -0.05) is 30.4 Å². The van der Waals surface area contributed by atoms with E-state index in [0.29, 0.717) is 17.1 Å². The van der Waals surface area contributed by atoms with Crippen LogP contribution in [0, 0.1) is 0 Å². The van der Waals surface area contributed by atoms with Crippen molar-refractivity contribution in [2.45, 2.75) is 12.7 Å². The first kappa shape index (κ1) is 14.5. The molecule has 0 saturated carbocycles. The lowest BCUT2D eigenvalue weighted by molar-refractivity contribution is -0.137. The van der Waals surface area contributed by atoms with Crippen LogP contribution in [0.25, 0.3) is 0 Å². The quantitative estimate of drug-likeness (QED) is 0.877. The Balaban J connectivity index is 1.99. The predicted molar refractivity (Wildman–Crippen MR) is 74.2 cm³/mol. The molecule has 0 aliphatic heterocycles. The molecule has 0 radical (unpaired) electrons. The van der Waals surface area contributed by atoms with Crippen molar-refractivity contribution >= 4 is 17.2 Å². The minimum absolute atomic E-state index is 0.393. The Bertz CT molecular complexity index is 580. The fraction of sp³-hybridized carbons (Fsp3) is 0.143. The summed E-state index contributed by atoms with van der Waals surface area (Å²) in [6, 6.07) is 10.2. The molecule has 0 fully saturated rings. The Morgan fingerprint density at radius 2 is 1.80 bits per heavy atom. The number of benzene rings is 1. The van der Waals surface area contributed by atoms with Gasteiger partial charge in [-0.2, -0.15) is 13.2 Å². The van der Waals surface area contributed by atoms with Crippen LogP contribution in [0.4, 0.5) is 13.2 Å². The molecule has 0 amide bonds. The number of hydrogen-bond donors (Lipinski definition) is 1. The summed E-state index contributed by atoms with van der Waals surface area (Å²) in [5.41, 5.74) is 0.666. The molecule has 20 heavy (non-hydrogen) atoms. The van der Waals surface area contributed by atoms with E-state index in [9.17, 15) is 13.2 Å². The van der Waals surface area contributed by atoms with Crippen LogP contribution in [0.2, 0.25) is 0 Å². The molecule has 1 heterocycles. The normalized spacial score (nSPS) is 11.2. The molecule has 0 saturated heterocycles. The summed E-state index contributed by atoms with van der Waals surface area (Å²) in [5.74, 6) is 0. The number of thiocarbonyl (C=S) groups is 1. The van der Waals surface area contributed by atoms with Gasteiger partial charge in [0.1, 0.15) is 4.99 Å². The first-order valence-corrected chi connectivity index (χ1v) is 6.23. The third kappa shape index (κ3) is 3.77. The van der Waals surface area contributed by atoms with Crippen LogP contribution < -0.4 is 5.32 Å². The van der Waals surface area contributed by atoms with Crippen molar-refractivity contribution in [2.24, 2.45) is 0 Å². The lowest BCUT2D eigenvalue weighted by atomic mass is 10.1. The molecule has 1 aromatic heterocycles. The lowest BCUT2D eigenvalue weighted by Gasteiger charge is -2.10. The molecule has 2 rings (SSSR count). The number of aromatic nitrogens is 1. The molecule has 1 aromatic carbocycles. The van der Waals surface area contributed by atoms with Crippen molar-refractivity contribution in [3.05, 3.63) is 65.5 Å². The summed E-state index contributed by atoms with van der Waals surface area (Å²) in [4.78, 5) is 4.51. The van der Waals surface area contributed by atoms with Gasteiger partial charge in [-0.15, -0.1) is 0 Å². The maximum absolute atomic E-state index is 12.4. The molecule has 0 unspecified atom stereocenters. The number of pyridine rings is 1. The summed E-state index contributed by atoms with van der Waals surface area (Å²) in [5, 5.41) is 2.96. The zero-order valence-electron chi connectivity index (χ0n) is 10.3. The van der Waals surface area contributed by atoms with Crippen molar-refractivity contribution < 1.29 is 13.2 Å². The number of nitrogens with one attached hydrogen (secondary N) is 1. The fourth-order valence-electron chi connectivity index (χ4n) is 1.59. The van der Waals surface area contributed by atoms with Gasteiger partial charge in [-0.25, -0.2) is 0 Å². The highest BCUT2D eigenvalue weighted by Gasteiger charge is 2.30. The van der Waals surface area contributed by atoms with E-state index in [0.717, 1.165) is 17.8 Å². The van der Waals surface area contributed by atoms with Gasteiger partial charge in [0.15, 0.2) is 0 Å². The topological polar surface area (TPSA) is 24.9 Å². The smallest absolute Gasteiger partial charge is 0.370 e. The Labute approximate surface area is 119 Å². The second-order valence-corrected chi connectivity index (χ2v) is 4.49. The Morgan fingerprint density at radius 3 is 2.35 bits per heavy atom. The predicted octanol–water partition coefficient (Wildman–Crippen LogP) is 3.57. The number of alkyl halides is 3. The van der Waals surface area contributed by atoms with Crippen molar-refractivity contribution in [1.29, 1.82) is 0 Å². The minimum Gasteiger partial charge on any atom is -0.370 e. The van der Waals surface area contributed by atoms with Gasteiger partial charge in [-0.3, -0.25) is 4.98 Å². The third-order valence-corrected chi connectivity index (χ3v) is 3.01. The van der Waals surface area contributed by atoms with E-state index in [2.05, 4.69) is 10.3 Å². The fourth-order valence-corrected chi connectivity index (χ4v) is 1.79. The SMILES string of the molecule is FC(F)(F)c1ccc(C(=S)NCc2ccccn2)cc1. The second kappa shape index (κ2) is 6.00. The third-order valence-electron chi connectivity index (χ3n) is 2.63. The summed E-state index contributed by atoms with van der Waals surface area (Å²) >= 11 is 5.14. The Hall–Kier alpha value is -1.95. The van der Waals surface area contributed by atoms with E-state index in [1.165, 1.54) is 12.1 Å². The van der Waals surface area contributed by atoms with E-state index in [-0.39, 0.29) is 0 Å². The second-order valence-electron chi connectivity index (χ2n) is 4.08. The Morgan fingerprint density at radius 1 is 1.10 bits per heavy atom. The van der Waals surface area contributed by atoms with E-state index in [4.69, 9.17) is 12.2 Å². The molecular weight excluding hydrogens is 285 g/mol. The molecule has 104 valence electrons. The highest BCUT2D eigenvalue weighted by Crippen LogP contribution is 2.29. The first-order chi connectivity index (χ1) is 9.47. The van der Waals surface area contributed by atoms with Crippen LogP contribution in [0.3, 0.4) is 0 Å². The van der Waals surface area contributed by atoms with Crippen LogP contribution >= 0.6 is 12.2 Å². The summed E-state index contributed by atoms with van der Waals surface area (Å²) in [7, 11) is 0. The number of nitrogens with zero attached hydrogens (tertiary/aromatic N) is 1.